The van der Waals surface area contributed by atoms with E-state index in [4.69, 9.17) is 15.2 Å². The van der Waals surface area contributed by atoms with Crippen molar-refractivity contribution in [2.75, 3.05) is 19.5 Å². The fraction of sp³-hybridized carbons (Fsp3) is 0.250. The Labute approximate surface area is 113 Å². The lowest BCUT2D eigenvalue weighted by Crippen LogP contribution is -1.99. The van der Waals surface area contributed by atoms with Crippen molar-refractivity contribution in [1.29, 1.82) is 0 Å². The zero-order valence-electron chi connectivity index (χ0n) is 10.2. The van der Waals surface area contributed by atoms with E-state index in [1.54, 1.807) is 13.3 Å². The summed E-state index contributed by atoms with van der Waals surface area (Å²) in [6.07, 6.45) is 1.66. The van der Waals surface area contributed by atoms with Crippen LogP contribution in [0.25, 0.3) is 11.1 Å². The smallest absolute Gasteiger partial charge is 0.170 e. The number of anilines is 1. The van der Waals surface area contributed by atoms with E-state index in [1.165, 1.54) is 0 Å². The molecule has 1 heterocycles. The molecule has 0 spiro atoms. The first-order valence-corrected chi connectivity index (χ1v) is 6.26. The predicted molar refractivity (Wildman–Crippen MR) is 73.9 cm³/mol. The molecule has 0 aliphatic heterocycles. The van der Waals surface area contributed by atoms with Crippen LogP contribution in [0.15, 0.2) is 22.8 Å². The molecule has 0 fully saturated rings. The Morgan fingerprint density at radius 1 is 1.44 bits per heavy atom. The average molecular weight is 312 g/mol. The topological polar surface area (TPSA) is 73.2 Å². The molecule has 0 atom stereocenters. The molecular formula is C12H14BrN3O2. The van der Waals surface area contributed by atoms with Crippen LogP contribution in [0, 0.1) is 0 Å². The van der Waals surface area contributed by atoms with Gasteiger partial charge in [0.1, 0.15) is 5.82 Å². The maximum atomic E-state index is 5.86. The van der Waals surface area contributed by atoms with Crippen LogP contribution < -0.4 is 15.2 Å². The van der Waals surface area contributed by atoms with Gasteiger partial charge in [0.25, 0.3) is 0 Å². The normalized spacial score (nSPS) is 10.4. The summed E-state index contributed by atoms with van der Waals surface area (Å²) in [6.45, 7) is 2.46. The quantitative estimate of drug-likeness (QED) is 0.910. The van der Waals surface area contributed by atoms with E-state index in [9.17, 15) is 0 Å². The SMILES string of the molecule is CCOc1c(OC)ccc(Br)c1-c1cn[nH]c1N. The number of nitrogens with two attached hydrogens (primary N) is 1. The summed E-state index contributed by atoms with van der Waals surface area (Å²) in [6, 6.07) is 3.73. The number of methoxy groups -OCH3 is 1. The van der Waals surface area contributed by atoms with Crippen molar-refractivity contribution in [1.82, 2.24) is 10.2 Å². The summed E-state index contributed by atoms with van der Waals surface area (Å²) in [7, 11) is 1.61. The molecule has 0 aliphatic rings. The first kappa shape index (κ1) is 12.8. The Morgan fingerprint density at radius 2 is 2.22 bits per heavy atom. The molecule has 0 bridgehead atoms. The number of benzene rings is 1. The highest BCUT2D eigenvalue weighted by molar-refractivity contribution is 9.10. The fourth-order valence-electron chi connectivity index (χ4n) is 1.73. The number of hydrogen-bond acceptors (Lipinski definition) is 4. The second-order valence-corrected chi connectivity index (χ2v) is 4.44. The van der Waals surface area contributed by atoms with Crippen molar-refractivity contribution in [2.24, 2.45) is 0 Å². The molecule has 2 aromatic rings. The van der Waals surface area contributed by atoms with E-state index in [0.717, 1.165) is 15.6 Å². The van der Waals surface area contributed by atoms with E-state index in [-0.39, 0.29) is 0 Å². The predicted octanol–water partition coefficient (Wildman–Crippen LogP) is 2.83. The lowest BCUT2D eigenvalue weighted by Gasteiger charge is -2.15. The maximum Gasteiger partial charge on any atom is 0.170 e. The van der Waals surface area contributed by atoms with E-state index >= 15 is 0 Å². The van der Waals surface area contributed by atoms with E-state index in [2.05, 4.69) is 26.1 Å². The zero-order chi connectivity index (χ0) is 13.1. The van der Waals surface area contributed by atoms with Gasteiger partial charge in [-0.15, -0.1) is 0 Å². The highest BCUT2D eigenvalue weighted by Gasteiger charge is 2.18. The van der Waals surface area contributed by atoms with Gasteiger partial charge in [0.05, 0.1) is 19.9 Å². The van der Waals surface area contributed by atoms with Crippen LogP contribution in [0.5, 0.6) is 11.5 Å². The summed E-state index contributed by atoms with van der Waals surface area (Å²) in [5.74, 6) is 1.81. The molecule has 1 aromatic heterocycles. The van der Waals surface area contributed by atoms with Crippen LogP contribution in [0.3, 0.4) is 0 Å². The van der Waals surface area contributed by atoms with Crippen LogP contribution in [0.4, 0.5) is 5.82 Å². The summed E-state index contributed by atoms with van der Waals surface area (Å²) >= 11 is 3.50. The van der Waals surface area contributed by atoms with Gasteiger partial charge in [0.2, 0.25) is 0 Å². The molecule has 5 nitrogen and oxygen atoms in total. The number of H-pyrrole nitrogens is 1. The second-order valence-electron chi connectivity index (χ2n) is 3.58. The summed E-state index contributed by atoms with van der Waals surface area (Å²) in [5, 5.41) is 6.64. The van der Waals surface area contributed by atoms with Gasteiger partial charge < -0.3 is 15.2 Å². The molecule has 2 rings (SSSR count). The number of rotatable bonds is 4. The summed E-state index contributed by atoms with van der Waals surface area (Å²) in [4.78, 5) is 0. The number of nitrogens with zero attached hydrogens (tertiary/aromatic N) is 1. The monoisotopic (exact) mass is 311 g/mol. The molecule has 0 saturated heterocycles. The molecular weight excluding hydrogens is 298 g/mol. The lowest BCUT2D eigenvalue weighted by atomic mass is 10.1. The van der Waals surface area contributed by atoms with Crippen molar-refractivity contribution in [3.05, 3.63) is 22.8 Å². The molecule has 3 N–H and O–H groups in total. The highest BCUT2D eigenvalue weighted by atomic mass is 79.9. The Hall–Kier alpha value is -1.69. The highest BCUT2D eigenvalue weighted by Crippen LogP contribution is 2.44. The molecule has 0 radical (unpaired) electrons. The lowest BCUT2D eigenvalue weighted by molar-refractivity contribution is 0.312. The molecule has 1 aromatic carbocycles. The first-order chi connectivity index (χ1) is 8.69. The molecule has 18 heavy (non-hydrogen) atoms. The van der Waals surface area contributed by atoms with Crippen molar-refractivity contribution in [3.63, 3.8) is 0 Å². The van der Waals surface area contributed by atoms with Crippen LogP contribution in [0.1, 0.15) is 6.92 Å². The van der Waals surface area contributed by atoms with Gasteiger partial charge in [-0.3, -0.25) is 5.10 Å². The third-order valence-corrected chi connectivity index (χ3v) is 3.18. The Morgan fingerprint density at radius 3 is 2.78 bits per heavy atom. The number of ether oxygens (including phenoxy) is 2. The largest absolute Gasteiger partial charge is 0.493 e. The van der Waals surface area contributed by atoms with Gasteiger partial charge in [-0.1, -0.05) is 15.9 Å². The van der Waals surface area contributed by atoms with Crippen molar-refractivity contribution in [3.8, 4) is 22.6 Å². The van der Waals surface area contributed by atoms with Crippen LogP contribution >= 0.6 is 15.9 Å². The minimum Gasteiger partial charge on any atom is -0.493 e. The number of nitrogen functional groups attached to an aromatic ring is 1. The van der Waals surface area contributed by atoms with Crippen LogP contribution in [0.2, 0.25) is 0 Å². The van der Waals surface area contributed by atoms with Crippen LogP contribution in [-0.2, 0) is 0 Å². The molecule has 0 amide bonds. The standard InChI is InChI=1S/C12H14BrN3O2/c1-3-18-11-9(17-2)5-4-8(13)10(11)7-6-15-16-12(7)14/h4-6H,3H2,1-2H3,(H3,14,15,16). The number of nitrogens with one attached hydrogen (secondary N) is 1. The van der Waals surface area contributed by atoms with Gasteiger partial charge in [-0.05, 0) is 19.1 Å². The minimum atomic E-state index is 0.491. The Balaban J connectivity index is 2.67. The Kier molecular flexibility index (Phi) is 3.76. The van der Waals surface area contributed by atoms with Gasteiger partial charge >= 0.3 is 0 Å². The molecule has 0 saturated carbocycles. The number of hydrogen-bond donors (Lipinski definition) is 2. The van der Waals surface area contributed by atoms with Gasteiger partial charge in [0, 0.05) is 15.6 Å². The third-order valence-electron chi connectivity index (χ3n) is 2.52. The summed E-state index contributed by atoms with van der Waals surface area (Å²) in [5.41, 5.74) is 7.48. The Bertz CT molecular complexity index is 554. The van der Waals surface area contributed by atoms with Gasteiger partial charge in [0.15, 0.2) is 11.5 Å². The number of aromatic amines is 1. The molecule has 0 unspecified atom stereocenters. The van der Waals surface area contributed by atoms with Gasteiger partial charge in [-0.2, -0.15) is 5.10 Å². The zero-order valence-corrected chi connectivity index (χ0v) is 11.7. The summed E-state index contributed by atoms with van der Waals surface area (Å²) < 4.78 is 11.9. The fourth-order valence-corrected chi connectivity index (χ4v) is 2.26. The van der Waals surface area contributed by atoms with E-state index in [1.807, 2.05) is 19.1 Å². The second kappa shape index (κ2) is 5.30. The van der Waals surface area contributed by atoms with E-state index in [0.29, 0.717) is 23.9 Å². The molecule has 6 heteroatoms. The average Bonchev–Trinajstić information content (AvgIpc) is 2.76. The molecule has 0 aliphatic carbocycles. The van der Waals surface area contributed by atoms with E-state index < -0.39 is 0 Å². The molecule has 96 valence electrons. The minimum absolute atomic E-state index is 0.491. The van der Waals surface area contributed by atoms with Crippen LogP contribution in [-0.4, -0.2) is 23.9 Å². The first-order valence-electron chi connectivity index (χ1n) is 5.47. The third kappa shape index (κ3) is 2.15. The maximum absolute atomic E-state index is 5.86. The van der Waals surface area contributed by atoms with Crippen molar-refractivity contribution < 1.29 is 9.47 Å². The van der Waals surface area contributed by atoms with Gasteiger partial charge in [-0.25, -0.2) is 0 Å². The van der Waals surface area contributed by atoms with Crippen molar-refractivity contribution >= 4 is 21.7 Å². The number of aromatic nitrogens is 2. The van der Waals surface area contributed by atoms with Crippen molar-refractivity contribution in [2.45, 2.75) is 6.92 Å². The number of halogens is 1.